The van der Waals surface area contributed by atoms with Gasteiger partial charge in [-0.1, -0.05) is 0 Å². The van der Waals surface area contributed by atoms with Crippen molar-refractivity contribution in [3.05, 3.63) is 84.9 Å². The van der Waals surface area contributed by atoms with Gasteiger partial charge in [0.05, 0.1) is 0 Å². The van der Waals surface area contributed by atoms with Gasteiger partial charge in [0.15, 0.2) is 0 Å². The fourth-order valence-electron chi connectivity index (χ4n) is 0.438. The third-order valence-corrected chi connectivity index (χ3v) is 0.875. The molecule has 0 aliphatic heterocycles. The van der Waals surface area contributed by atoms with Crippen LogP contribution in [0.15, 0.2) is 0 Å². The van der Waals surface area contributed by atoms with Gasteiger partial charge in [0.2, 0.25) is 0 Å². The van der Waals surface area contributed by atoms with E-state index < -0.39 is 0 Å². The number of hydrogen-bond donors (Lipinski definition) is 0. The van der Waals surface area contributed by atoms with E-state index in [4.69, 9.17) is 0 Å². The molecule has 0 nitrogen and oxygen atoms in total. The SMILES string of the molecule is c1c#cc#cc#cc#cc#cc#cc#1. The summed E-state index contributed by atoms with van der Waals surface area (Å²) in [6, 6.07) is 35.0. The van der Waals surface area contributed by atoms with Crippen LogP contribution in [0.2, 0.25) is 0 Å². The molecule has 0 saturated heterocycles. The molecule has 0 aromatic heterocycles. The zero-order valence-electron chi connectivity index (χ0n) is 7.00. The first kappa shape index (κ1) is 9.01. The zero-order chi connectivity index (χ0) is 9.90. The lowest BCUT2D eigenvalue weighted by atomic mass is 10.6. The Morgan fingerprint density at radius 1 is 0.143 bits per heavy atom. The Hall–Kier alpha value is -3.08. The van der Waals surface area contributed by atoms with Gasteiger partial charge < -0.3 is 0 Å². The van der Waals surface area contributed by atoms with Crippen molar-refractivity contribution in [2.45, 2.75) is 0 Å². The Morgan fingerprint density at radius 2 is 0.214 bits per heavy atom. The van der Waals surface area contributed by atoms with Crippen molar-refractivity contribution in [1.29, 1.82) is 0 Å². The summed E-state index contributed by atoms with van der Waals surface area (Å²) >= 11 is 0. The van der Waals surface area contributed by atoms with Gasteiger partial charge in [-0.05, 0) is 0 Å². The number of rotatable bonds is 0. The minimum absolute atomic E-state index is 2.50. The van der Waals surface area contributed by atoms with Crippen LogP contribution in [0.3, 0.4) is 0 Å². The highest BCUT2D eigenvalue weighted by Crippen LogP contribution is 1.49. The molecule has 0 fully saturated rings. The van der Waals surface area contributed by atoms with E-state index in [1.165, 1.54) is 0 Å². The highest BCUT2D eigenvalue weighted by Gasteiger charge is 1.40. The van der Waals surface area contributed by atoms with Gasteiger partial charge in [-0.15, -0.1) is 0 Å². The van der Waals surface area contributed by atoms with Crippen LogP contribution in [0.25, 0.3) is 0 Å². The molecule has 0 aliphatic carbocycles. The molecule has 1 aromatic rings. The lowest BCUT2D eigenvalue weighted by Gasteiger charge is -1.39. The van der Waals surface area contributed by atoms with E-state index in [-0.39, 0.29) is 0 Å². The Labute approximate surface area is 85.5 Å². The summed E-state index contributed by atoms with van der Waals surface area (Å²) in [5, 5.41) is 0. The summed E-state index contributed by atoms with van der Waals surface area (Å²) in [5.74, 6) is 0. The average molecular weight is 168 g/mol. The first-order chi connectivity index (χ1) is 7.00. The molecule has 0 N–H and O–H groups in total. The average Bonchev–Trinajstić information content (AvgIpc) is 2.22. The maximum atomic E-state index is 2.50. The summed E-state index contributed by atoms with van der Waals surface area (Å²) in [7, 11) is 0. The third kappa shape index (κ3) is 4.69. The van der Waals surface area contributed by atoms with Crippen molar-refractivity contribution in [2.24, 2.45) is 0 Å². The summed E-state index contributed by atoms with van der Waals surface area (Å²) in [4.78, 5) is 0. The fraction of sp³-hybridized carbons (Fsp3) is 0. The quantitative estimate of drug-likeness (QED) is 0.545. The maximum Gasteiger partial charge on any atom is 0 e. The van der Waals surface area contributed by atoms with E-state index in [0.717, 1.165) is 0 Å². The zero-order valence-corrected chi connectivity index (χ0v) is 7.00. The highest BCUT2D eigenvalue weighted by molar-refractivity contribution is 4.65. The van der Waals surface area contributed by atoms with Gasteiger partial charge in [-0.25, -0.2) is 0 Å². The molecule has 1 rings (SSSR count). The lowest BCUT2D eigenvalue weighted by Crippen LogP contribution is -1.31. The molecule has 0 heteroatoms. The van der Waals surface area contributed by atoms with Crippen LogP contribution in [0.5, 0.6) is 0 Å². The van der Waals surface area contributed by atoms with Gasteiger partial charge >= 0.3 is 0 Å². The van der Waals surface area contributed by atoms with Crippen LogP contribution in [-0.2, 0) is 0 Å². The normalized spacial score (nSPS) is 4.00. The Balaban J connectivity index is 3.00. The van der Waals surface area contributed by atoms with Crippen LogP contribution in [0.1, 0.15) is 0 Å². The fourth-order valence-corrected chi connectivity index (χ4v) is 0.438. The minimum Gasteiger partial charge on any atom is 0 e. The maximum absolute atomic E-state index is 2.50. The van der Waals surface area contributed by atoms with E-state index in [9.17, 15) is 0 Å². The molecule has 56 valence electrons. The molecule has 0 unspecified atom stereocenters. The van der Waals surface area contributed by atoms with Crippen molar-refractivity contribution in [1.82, 2.24) is 0 Å². The molecular formula is C14. The topological polar surface area (TPSA) is 0 Å². The molecule has 0 atom stereocenters. The molecule has 0 spiro atoms. The second kappa shape index (κ2) is 6.62. The first-order valence-corrected chi connectivity index (χ1v) is 3.50. The Morgan fingerprint density at radius 3 is 0.286 bits per heavy atom. The number of hydrogen-bond acceptors (Lipinski definition) is 0. The molecule has 0 aliphatic rings. The van der Waals surface area contributed by atoms with Crippen LogP contribution < -0.4 is 0 Å². The van der Waals surface area contributed by atoms with Crippen molar-refractivity contribution in [2.75, 3.05) is 0 Å². The van der Waals surface area contributed by atoms with Gasteiger partial charge in [0.25, 0.3) is 0 Å². The van der Waals surface area contributed by atoms with Crippen molar-refractivity contribution < 1.29 is 0 Å². The monoisotopic (exact) mass is 168 g/mol. The van der Waals surface area contributed by atoms with Gasteiger partial charge in [0.1, 0.15) is 0 Å². The molecule has 0 amide bonds. The van der Waals surface area contributed by atoms with E-state index in [2.05, 4.69) is 84.9 Å². The standard InChI is InChI=1S/C14/c1-2-4-6-8-10-12-14-13-11-9-7-5-3-1. The Kier molecular flexibility index (Phi) is 4.26. The molecule has 1 aromatic carbocycles. The molecule has 0 bridgehead atoms. The molecule has 14 heavy (non-hydrogen) atoms. The molecule has 0 radical (unpaired) electrons. The summed E-state index contributed by atoms with van der Waals surface area (Å²) in [5.41, 5.74) is 0. The van der Waals surface area contributed by atoms with E-state index >= 15 is 0 Å². The smallest absolute Gasteiger partial charge is 0 e. The largest absolute Gasteiger partial charge is 0 e. The first-order valence-electron chi connectivity index (χ1n) is 3.50. The van der Waals surface area contributed by atoms with Crippen LogP contribution in [0, 0.1) is 84.9 Å². The second-order valence-electron chi connectivity index (χ2n) is 1.75. The second-order valence-corrected chi connectivity index (χ2v) is 1.75. The predicted molar refractivity (Wildman–Crippen MR) is 45.4 cm³/mol. The minimum atomic E-state index is 2.50. The van der Waals surface area contributed by atoms with Crippen LogP contribution in [-0.4, -0.2) is 0 Å². The van der Waals surface area contributed by atoms with Crippen molar-refractivity contribution in [3.63, 3.8) is 0 Å². The Bertz CT molecular complexity index is 213. The predicted octanol–water partition coefficient (Wildman–Crippen LogP) is 1.14. The highest BCUT2D eigenvalue weighted by atomic mass is 13.4. The third-order valence-electron chi connectivity index (χ3n) is 0.875. The molecule has 0 heterocycles. The van der Waals surface area contributed by atoms with Crippen LogP contribution >= 0.6 is 0 Å². The van der Waals surface area contributed by atoms with Gasteiger partial charge in [-0.2, -0.15) is 0 Å². The van der Waals surface area contributed by atoms with Crippen LogP contribution in [0.4, 0.5) is 0 Å². The van der Waals surface area contributed by atoms with E-state index in [1.54, 1.807) is 0 Å². The summed E-state index contributed by atoms with van der Waals surface area (Å²) < 4.78 is 0. The van der Waals surface area contributed by atoms with E-state index in [1.807, 2.05) is 0 Å². The summed E-state index contributed by atoms with van der Waals surface area (Å²) in [6.45, 7) is 0. The summed E-state index contributed by atoms with van der Waals surface area (Å²) in [6.07, 6.45) is 0. The lowest BCUT2D eigenvalue weighted by molar-refractivity contribution is 1.85. The molecule has 0 saturated carbocycles. The van der Waals surface area contributed by atoms with Gasteiger partial charge in [-0.3, -0.25) is 0 Å². The van der Waals surface area contributed by atoms with Gasteiger partial charge in [0, 0.05) is 84.9 Å². The molecular weight excluding hydrogens is 168 g/mol. The van der Waals surface area contributed by atoms with E-state index in [0.29, 0.717) is 0 Å². The van der Waals surface area contributed by atoms with Crippen molar-refractivity contribution in [3.8, 4) is 0 Å². The van der Waals surface area contributed by atoms with Crippen molar-refractivity contribution >= 4 is 0 Å².